The number of likely N-dealkylation sites (tertiary alicyclic amines) is 1. The molecule has 3 aromatic rings. The van der Waals surface area contributed by atoms with E-state index in [1.165, 1.54) is 11.1 Å². The number of hydrogen-bond donors (Lipinski definition) is 0. The number of aryl methyl sites for hydroxylation is 2. The van der Waals surface area contributed by atoms with Crippen LogP contribution in [0.2, 0.25) is 0 Å². The second-order valence-electron chi connectivity index (χ2n) is 9.69. The molecule has 168 valence electrons. The van der Waals surface area contributed by atoms with Crippen molar-refractivity contribution in [1.82, 2.24) is 14.5 Å². The molecule has 0 spiro atoms. The van der Waals surface area contributed by atoms with Crippen molar-refractivity contribution in [3.05, 3.63) is 59.4 Å². The van der Waals surface area contributed by atoms with Gasteiger partial charge in [-0.05, 0) is 61.4 Å². The standard InChI is InChI=1S/C27H33N3O2/c1-18(2)22-12-9-19(3)15-25(22)32-14-6-13-29-24-8-5-4-7-23(24)28-27(29)20-16-26(31)30(17-20)21-10-11-21/h4-5,7-9,12,15,18,20-21H,6,10-11,13-14,16-17H2,1-3H3. The van der Waals surface area contributed by atoms with Crippen LogP contribution in [0.3, 0.4) is 0 Å². The predicted molar refractivity (Wildman–Crippen MR) is 127 cm³/mol. The van der Waals surface area contributed by atoms with E-state index < -0.39 is 0 Å². The Kier molecular flexibility index (Phi) is 5.66. The number of imidazole rings is 1. The lowest BCUT2D eigenvalue weighted by Crippen LogP contribution is -2.27. The van der Waals surface area contributed by atoms with Crippen LogP contribution in [0, 0.1) is 6.92 Å². The fourth-order valence-electron chi connectivity index (χ4n) is 4.93. The van der Waals surface area contributed by atoms with Gasteiger partial charge in [0, 0.05) is 31.5 Å². The molecule has 1 saturated carbocycles. The lowest BCUT2D eigenvalue weighted by atomic mass is 10.0. The monoisotopic (exact) mass is 431 g/mol. The maximum absolute atomic E-state index is 12.6. The highest BCUT2D eigenvalue weighted by Crippen LogP contribution is 2.37. The maximum Gasteiger partial charge on any atom is 0.223 e. The molecular weight excluding hydrogens is 398 g/mol. The zero-order valence-electron chi connectivity index (χ0n) is 19.4. The number of fused-ring (bicyclic) bond motifs is 1. The van der Waals surface area contributed by atoms with E-state index in [0.29, 0.717) is 30.9 Å². The van der Waals surface area contributed by atoms with E-state index >= 15 is 0 Å². The summed E-state index contributed by atoms with van der Waals surface area (Å²) in [4.78, 5) is 19.6. The number of carbonyl (C=O) groups is 1. The molecule has 1 unspecified atom stereocenters. The highest BCUT2D eigenvalue weighted by Gasteiger charge is 2.41. The quantitative estimate of drug-likeness (QED) is 0.448. The smallest absolute Gasteiger partial charge is 0.223 e. The van der Waals surface area contributed by atoms with Gasteiger partial charge in [0.25, 0.3) is 0 Å². The second kappa shape index (κ2) is 8.61. The van der Waals surface area contributed by atoms with Gasteiger partial charge in [-0.25, -0.2) is 4.98 Å². The third kappa shape index (κ3) is 4.13. The van der Waals surface area contributed by atoms with E-state index in [4.69, 9.17) is 9.72 Å². The molecule has 2 aromatic carbocycles. The first-order chi connectivity index (χ1) is 15.5. The normalized spacial score (nSPS) is 18.8. The predicted octanol–water partition coefficient (Wildman–Crippen LogP) is 5.42. The molecule has 2 aliphatic rings. The van der Waals surface area contributed by atoms with Gasteiger partial charge in [0.1, 0.15) is 11.6 Å². The first kappa shape index (κ1) is 21.0. The number of rotatable bonds is 8. The largest absolute Gasteiger partial charge is 0.493 e. The van der Waals surface area contributed by atoms with Crippen LogP contribution >= 0.6 is 0 Å². The fraction of sp³-hybridized carbons (Fsp3) is 0.481. The molecule has 1 saturated heterocycles. The molecule has 5 heteroatoms. The summed E-state index contributed by atoms with van der Waals surface area (Å²) in [6, 6.07) is 15.3. The van der Waals surface area contributed by atoms with E-state index in [2.05, 4.69) is 66.6 Å². The Bertz CT molecular complexity index is 1130. The number of carbonyl (C=O) groups excluding carboxylic acids is 1. The summed E-state index contributed by atoms with van der Waals surface area (Å²) >= 11 is 0. The number of aromatic nitrogens is 2. The van der Waals surface area contributed by atoms with Crippen LogP contribution < -0.4 is 4.74 Å². The molecule has 0 N–H and O–H groups in total. The van der Waals surface area contributed by atoms with Crippen LogP contribution in [-0.2, 0) is 11.3 Å². The summed E-state index contributed by atoms with van der Waals surface area (Å²) in [7, 11) is 0. The minimum Gasteiger partial charge on any atom is -0.493 e. The lowest BCUT2D eigenvalue weighted by molar-refractivity contribution is -0.128. The first-order valence-electron chi connectivity index (χ1n) is 12.0. The summed E-state index contributed by atoms with van der Waals surface area (Å²) in [5.41, 5.74) is 4.65. The van der Waals surface area contributed by atoms with Gasteiger partial charge >= 0.3 is 0 Å². The van der Waals surface area contributed by atoms with Gasteiger partial charge in [-0.15, -0.1) is 0 Å². The van der Waals surface area contributed by atoms with Gasteiger partial charge in [0.15, 0.2) is 0 Å². The number of nitrogens with zero attached hydrogens (tertiary/aromatic N) is 3. The Balaban J connectivity index is 1.32. The Morgan fingerprint density at radius 1 is 1.16 bits per heavy atom. The summed E-state index contributed by atoms with van der Waals surface area (Å²) in [6.07, 6.45) is 3.79. The molecular formula is C27H33N3O2. The first-order valence-corrected chi connectivity index (χ1v) is 12.0. The lowest BCUT2D eigenvalue weighted by Gasteiger charge is -2.17. The summed E-state index contributed by atoms with van der Waals surface area (Å²) < 4.78 is 8.56. The third-order valence-corrected chi connectivity index (χ3v) is 6.77. The molecule has 1 aliphatic heterocycles. The van der Waals surface area contributed by atoms with Crippen molar-refractivity contribution in [2.75, 3.05) is 13.2 Å². The maximum atomic E-state index is 12.6. The molecule has 1 aromatic heterocycles. The van der Waals surface area contributed by atoms with Gasteiger partial charge in [-0.2, -0.15) is 0 Å². The molecule has 0 radical (unpaired) electrons. The van der Waals surface area contributed by atoms with Crippen molar-refractivity contribution in [2.45, 2.75) is 70.9 Å². The van der Waals surface area contributed by atoms with Crippen LogP contribution in [0.5, 0.6) is 5.75 Å². The van der Waals surface area contributed by atoms with Crippen molar-refractivity contribution in [1.29, 1.82) is 0 Å². The van der Waals surface area contributed by atoms with E-state index in [1.54, 1.807) is 0 Å². The highest BCUT2D eigenvalue weighted by molar-refractivity contribution is 5.81. The number of para-hydroxylation sites is 2. The van der Waals surface area contributed by atoms with Crippen molar-refractivity contribution < 1.29 is 9.53 Å². The number of hydrogen-bond acceptors (Lipinski definition) is 3. The molecule has 32 heavy (non-hydrogen) atoms. The average Bonchev–Trinajstić information content (AvgIpc) is 3.44. The van der Waals surface area contributed by atoms with Crippen LogP contribution in [-0.4, -0.2) is 39.6 Å². The van der Waals surface area contributed by atoms with Crippen molar-refractivity contribution >= 4 is 16.9 Å². The average molecular weight is 432 g/mol. The molecule has 5 nitrogen and oxygen atoms in total. The van der Waals surface area contributed by atoms with E-state index in [0.717, 1.165) is 55.0 Å². The van der Waals surface area contributed by atoms with Crippen molar-refractivity contribution in [2.24, 2.45) is 0 Å². The summed E-state index contributed by atoms with van der Waals surface area (Å²) in [5.74, 6) is 2.96. The fourth-order valence-corrected chi connectivity index (χ4v) is 4.93. The van der Waals surface area contributed by atoms with Gasteiger partial charge in [0.2, 0.25) is 5.91 Å². The Morgan fingerprint density at radius 3 is 2.75 bits per heavy atom. The van der Waals surface area contributed by atoms with Crippen LogP contribution in [0.15, 0.2) is 42.5 Å². The minimum absolute atomic E-state index is 0.181. The molecule has 5 rings (SSSR count). The Hall–Kier alpha value is -2.82. The molecule has 2 fully saturated rings. The topological polar surface area (TPSA) is 47.4 Å². The van der Waals surface area contributed by atoms with Gasteiger partial charge in [0.05, 0.1) is 17.6 Å². The molecule has 1 aliphatic carbocycles. The van der Waals surface area contributed by atoms with Gasteiger partial charge in [-0.3, -0.25) is 4.79 Å². The molecule has 2 heterocycles. The van der Waals surface area contributed by atoms with E-state index in [1.807, 2.05) is 6.07 Å². The third-order valence-electron chi connectivity index (χ3n) is 6.77. The number of amides is 1. The molecule has 0 bridgehead atoms. The van der Waals surface area contributed by atoms with Crippen LogP contribution in [0.4, 0.5) is 0 Å². The SMILES string of the molecule is Cc1ccc(C(C)C)c(OCCCn2c(C3CC(=O)N(C4CC4)C3)nc3ccccc32)c1. The van der Waals surface area contributed by atoms with Crippen molar-refractivity contribution in [3.63, 3.8) is 0 Å². The van der Waals surface area contributed by atoms with Crippen LogP contribution in [0.1, 0.15) is 68.3 Å². The zero-order chi connectivity index (χ0) is 22.2. The highest BCUT2D eigenvalue weighted by atomic mass is 16.5. The number of benzene rings is 2. The van der Waals surface area contributed by atoms with Gasteiger partial charge in [-0.1, -0.05) is 38.1 Å². The Labute approximate surface area is 190 Å². The molecule has 1 atom stereocenters. The number of ether oxygens (including phenoxy) is 1. The Morgan fingerprint density at radius 2 is 1.97 bits per heavy atom. The zero-order valence-corrected chi connectivity index (χ0v) is 19.4. The second-order valence-corrected chi connectivity index (χ2v) is 9.69. The minimum atomic E-state index is 0.181. The van der Waals surface area contributed by atoms with E-state index in [9.17, 15) is 4.79 Å². The summed E-state index contributed by atoms with van der Waals surface area (Å²) in [6.45, 7) is 8.82. The van der Waals surface area contributed by atoms with E-state index in [-0.39, 0.29) is 5.92 Å². The van der Waals surface area contributed by atoms with Crippen molar-refractivity contribution in [3.8, 4) is 5.75 Å². The molecule has 1 amide bonds. The van der Waals surface area contributed by atoms with Crippen LogP contribution in [0.25, 0.3) is 11.0 Å². The van der Waals surface area contributed by atoms with Gasteiger partial charge < -0.3 is 14.2 Å². The summed E-state index contributed by atoms with van der Waals surface area (Å²) in [5, 5.41) is 0.